The van der Waals surface area contributed by atoms with Crippen molar-refractivity contribution in [2.75, 3.05) is 19.0 Å². The second-order valence-electron chi connectivity index (χ2n) is 3.10. The quantitative estimate of drug-likeness (QED) is 0.731. The van der Waals surface area contributed by atoms with Gasteiger partial charge in [0.15, 0.2) is 0 Å². The molecule has 0 aliphatic carbocycles. The van der Waals surface area contributed by atoms with Gasteiger partial charge in [0, 0.05) is 32.2 Å². The summed E-state index contributed by atoms with van der Waals surface area (Å²) in [5, 5.41) is 0. The van der Waals surface area contributed by atoms with Crippen LogP contribution in [-0.2, 0) is 0 Å². The first kappa shape index (κ1) is 15.4. The molecule has 0 aliphatic heterocycles. The maximum absolute atomic E-state index is 3.90. The predicted molar refractivity (Wildman–Crippen MR) is 62.8 cm³/mol. The van der Waals surface area contributed by atoms with Crippen molar-refractivity contribution in [3.05, 3.63) is 24.5 Å². The lowest BCUT2D eigenvalue weighted by Crippen LogP contribution is -2.07. The Balaban J connectivity index is 0. The molecule has 2 N–H and O–H groups in total. The molecule has 0 fully saturated rings. The third-order valence-corrected chi connectivity index (χ3v) is 1.68. The van der Waals surface area contributed by atoms with Crippen molar-refractivity contribution >= 4 is 5.69 Å². The lowest BCUT2D eigenvalue weighted by atomic mass is 10.4. The van der Waals surface area contributed by atoms with Crippen molar-refractivity contribution in [2.45, 2.75) is 26.7 Å². The summed E-state index contributed by atoms with van der Waals surface area (Å²) in [5.74, 6) is 0. The van der Waals surface area contributed by atoms with Gasteiger partial charge >= 0.3 is 0 Å². The molecule has 3 nitrogen and oxygen atoms in total. The molecule has 1 heterocycles. The number of pyridine rings is 1. The lowest BCUT2D eigenvalue weighted by molar-refractivity contribution is 0.824. The summed E-state index contributed by atoms with van der Waals surface area (Å²) in [7, 11) is 4.02. The van der Waals surface area contributed by atoms with Gasteiger partial charge in [-0.25, -0.2) is 0 Å². The average molecular weight is 198 g/mol. The van der Waals surface area contributed by atoms with E-state index in [-0.39, 0.29) is 5.48 Å². The van der Waals surface area contributed by atoms with Crippen molar-refractivity contribution in [3.8, 4) is 0 Å². The molecule has 3 heteroatoms. The highest BCUT2D eigenvalue weighted by Crippen LogP contribution is 2.05. The van der Waals surface area contributed by atoms with Crippen LogP contribution >= 0.6 is 0 Å². The molecule has 0 saturated heterocycles. The molecule has 0 bridgehead atoms. The molecule has 0 radical (unpaired) electrons. The molecule has 0 aliphatic rings. The number of nitrogens with zero attached hydrogens (tertiary/aromatic N) is 2. The number of hydrogen-bond acceptors (Lipinski definition) is 2. The minimum absolute atomic E-state index is 0. The van der Waals surface area contributed by atoms with Gasteiger partial charge < -0.3 is 10.4 Å². The van der Waals surface area contributed by atoms with Gasteiger partial charge in [0.05, 0.1) is 0 Å². The summed E-state index contributed by atoms with van der Waals surface area (Å²) >= 11 is 0. The maximum Gasteiger partial charge on any atom is 0.0391 e. The summed E-state index contributed by atoms with van der Waals surface area (Å²) in [6, 6.07) is 3.94. The van der Waals surface area contributed by atoms with Crippen molar-refractivity contribution in [1.29, 1.82) is 0 Å². The molecule has 0 saturated carbocycles. The van der Waals surface area contributed by atoms with Gasteiger partial charge in [0.25, 0.3) is 0 Å². The molecule has 0 spiro atoms. The molecule has 14 heavy (non-hydrogen) atoms. The lowest BCUT2D eigenvalue weighted by Gasteiger charge is -2.10. The molecule has 82 valence electrons. The summed E-state index contributed by atoms with van der Waals surface area (Å²) in [5.41, 5.74) is 1.19. The van der Waals surface area contributed by atoms with E-state index in [1.165, 1.54) is 18.5 Å². The maximum atomic E-state index is 3.90. The zero-order valence-electron chi connectivity index (χ0n) is 9.62. The van der Waals surface area contributed by atoms with Crippen molar-refractivity contribution < 1.29 is 5.48 Å². The molecular weight excluding hydrogens is 176 g/mol. The van der Waals surface area contributed by atoms with E-state index in [9.17, 15) is 0 Å². The first-order chi connectivity index (χ1) is 6.22. The number of unbranched alkanes of at least 4 members (excludes halogenated alkanes) is 1. The monoisotopic (exact) mass is 198 g/mol. The van der Waals surface area contributed by atoms with Crippen LogP contribution in [0.5, 0.6) is 0 Å². The zero-order chi connectivity index (χ0) is 10.1. The second-order valence-corrected chi connectivity index (χ2v) is 3.10. The molecule has 0 aromatic carbocycles. The SMILES string of the molecule is CCCC.CN(C)c1ccncc1.O. The van der Waals surface area contributed by atoms with E-state index in [1.807, 2.05) is 31.1 Å². The van der Waals surface area contributed by atoms with Crippen molar-refractivity contribution in [2.24, 2.45) is 0 Å². The fraction of sp³-hybridized carbons (Fsp3) is 0.545. The van der Waals surface area contributed by atoms with Gasteiger partial charge in [0.2, 0.25) is 0 Å². The minimum atomic E-state index is 0. The first-order valence-corrected chi connectivity index (χ1v) is 4.79. The standard InChI is InChI=1S/C7H10N2.C4H10.H2O/c1-9(2)7-3-5-8-6-4-7;1-3-4-2;/h3-6H,1-2H3;3-4H2,1-2H3;1H2. The molecule has 0 amide bonds. The van der Waals surface area contributed by atoms with Crippen LogP contribution in [-0.4, -0.2) is 24.6 Å². The van der Waals surface area contributed by atoms with Gasteiger partial charge in [-0.05, 0) is 12.1 Å². The smallest absolute Gasteiger partial charge is 0.0391 e. The fourth-order valence-electron chi connectivity index (χ4n) is 0.642. The van der Waals surface area contributed by atoms with Crippen LogP contribution in [0, 0.1) is 0 Å². The highest BCUT2D eigenvalue weighted by atomic mass is 16.0. The molecular formula is C11H22N2O. The number of rotatable bonds is 2. The van der Waals surface area contributed by atoms with Gasteiger partial charge in [0.1, 0.15) is 0 Å². The third kappa shape index (κ3) is 7.55. The zero-order valence-corrected chi connectivity index (χ0v) is 9.62. The van der Waals surface area contributed by atoms with Crippen molar-refractivity contribution in [1.82, 2.24) is 4.98 Å². The summed E-state index contributed by atoms with van der Waals surface area (Å²) < 4.78 is 0. The van der Waals surface area contributed by atoms with E-state index in [0.717, 1.165) is 0 Å². The average Bonchev–Trinajstić information content (AvgIpc) is 2.19. The van der Waals surface area contributed by atoms with Gasteiger partial charge in [-0.1, -0.05) is 26.7 Å². The van der Waals surface area contributed by atoms with Crippen LogP contribution in [0.3, 0.4) is 0 Å². The van der Waals surface area contributed by atoms with Gasteiger partial charge in [-0.15, -0.1) is 0 Å². The topological polar surface area (TPSA) is 47.6 Å². The Bertz CT molecular complexity index is 198. The fourth-order valence-corrected chi connectivity index (χ4v) is 0.642. The summed E-state index contributed by atoms with van der Waals surface area (Å²) in [6.07, 6.45) is 6.21. The Labute approximate surface area is 87.1 Å². The Morgan fingerprint density at radius 1 is 1.07 bits per heavy atom. The van der Waals surface area contributed by atoms with E-state index < -0.39 is 0 Å². The molecule has 0 unspecified atom stereocenters. The van der Waals surface area contributed by atoms with Crippen LogP contribution < -0.4 is 4.90 Å². The Kier molecular flexibility index (Phi) is 11.0. The first-order valence-electron chi connectivity index (χ1n) is 4.79. The van der Waals surface area contributed by atoms with E-state index in [1.54, 1.807) is 12.4 Å². The number of aromatic nitrogens is 1. The van der Waals surface area contributed by atoms with Crippen LogP contribution in [0.1, 0.15) is 26.7 Å². The predicted octanol–water partition coefficient (Wildman–Crippen LogP) is 2.13. The summed E-state index contributed by atoms with van der Waals surface area (Å²) in [4.78, 5) is 5.94. The van der Waals surface area contributed by atoms with Gasteiger partial charge in [-0.3, -0.25) is 4.98 Å². The van der Waals surface area contributed by atoms with Crippen LogP contribution in [0.15, 0.2) is 24.5 Å². The second kappa shape index (κ2) is 9.99. The summed E-state index contributed by atoms with van der Waals surface area (Å²) in [6.45, 7) is 4.36. The normalized spacial score (nSPS) is 8.00. The Morgan fingerprint density at radius 2 is 1.50 bits per heavy atom. The molecule has 1 aromatic heterocycles. The van der Waals surface area contributed by atoms with Crippen LogP contribution in [0.25, 0.3) is 0 Å². The third-order valence-electron chi connectivity index (χ3n) is 1.68. The minimum Gasteiger partial charge on any atom is -0.412 e. The molecule has 1 rings (SSSR count). The molecule has 1 aromatic rings. The largest absolute Gasteiger partial charge is 0.412 e. The number of anilines is 1. The van der Waals surface area contributed by atoms with Crippen LogP contribution in [0.2, 0.25) is 0 Å². The van der Waals surface area contributed by atoms with E-state index in [4.69, 9.17) is 0 Å². The van der Waals surface area contributed by atoms with Gasteiger partial charge in [-0.2, -0.15) is 0 Å². The van der Waals surface area contributed by atoms with Crippen molar-refractivity contribution in [3.63, 3.8) is 0 Å². The van der Waals surface area contributed by atoms with E-state index in [2.05, 4.69) is 18.8 Å². The molecule has 0 atom stereocenters. The Morgan fingerprint density at radius 3 is 1.71 bits per heavy atom. The highest BCUT2D eigenvalue weighted by molar-refractivity contribution is 5.42. The van der Waals surface area contributed by atoms with E-state index >= 15 is 0 Å². The Hall–Kier alpha value is -1.09. The number of hydrogen-bond donors (Lipinski definition) is 0. The van der Waals surface area contributed by atoms with Crippen LogP contribution in [0.4, 0.5) is 5.69 Å². The highest BCUT2D eigenvalue weighted by Gasteiger charge is 1.88. The van der Waals surface area contributed by atoms with E-state index in [0.29, 0.717) is 0 Å².